The second-order valence-electron chi connectivity index (χ2n) is 12.8. The minimum Gasteiger partial charge on any atom is -0.381 e. The SMILES string of the molecule is COC1CCC2(C)C(CCC3C2CCC2(C)C3CC[C@@H]2[C@H](C)CC[C@@](C)(O)C(F)(F)F)C1. The Hall–Kier alpha value is -0.290. The first-order chi connectivity index (χ1) is 14.8. The highest BCUT2D eigenvalue weighted by Gasteiger charge is 2.61. The van der Waals surface area contributed by atoms with Gasteiger partial charge in [0.05, 0.1) is 6.10 Å². The van der Waals surface area contributed by atoms with E-state index in [1.807, 2.05) is 7.11 Å². The summed E-state index contributed by atoms with van der Waals surface area (Å²) < 4.78 is 45.2. The van der Waals surface area contributed by atoms with Crippen molar-refractivity contribution in [3.8, 4) is 0 Å². The van der Waals surface area contributed by atoms with Gasteiger partial charge in [0.15, 0.2) is 5.60 Å². The van der Waals surface area contributed by atoms with Crippen LogP contribution < -0.4 is 0 Å². The fourth-order valence-electron chi connectivity index (χ4n) is 9.26. The van der Waals surface area contributed by atoms with Crippen LogP contribution in [-0.4, -0.2) is 30.1 Å². The molecule has 0 heterocycles. The first-order valence-corrected chi connectivity index (χ1v) is 13.2. The summed E-state index contributed by atoms with van der Waals surface area (Å²) >= 11 is 0. The summed E-state index contributed by atoms with van der Waals surface area (Å²) in [7, 11) is 1.86. The number of fused-ring (bicyclic) bond motifs is 5. The van der Waals surface area contributed by atoms with E-state index >= 15 is 0 Å². The molecule has 1 N–H and O–H groups in total. The number of alkyl halides is 3. The molecule has 0 aromatic heterocycles. The Morgan fingerprint density at radius 2 is 1.62 bits per heavy atom. The van der Waals surface area contributed by atoms with Crippen LogP contribution in [0, 0.1) is 46.3 Å². The van der Waals surface area contributed by atoms with Gasteiger partial charge < -0.3 is 9.84 Å². The maximum atomic E-state index is 13.2. The van der Waals surface area contributed by atoms with Gasteiger partial charge in [0.1, 0.15) is 0 Å². The van der Waals surface area contributed by atoms with E-state index in [1.54, 1.807) is 0 Å². The molecule has 0 radical (unpaired) electrons. The van der Waals surface area contributed by atoms with Crippen LogP contribution in [0.5, 0.6) is 0 Å². The maximum Gasteiger partial charge on any atom is 0.416 e. The predicted molar refractivity (Wildman–Crippen MR) is 121 cm³/mol. The number of hydrogen-bond donors (Lipinski definition) is 1. The quantitative estimate of drug-likeness (QED) is 0.465. The fourth-order valence-corrected chi connectivity index (χ4v) is 9.26. The monoisotopic (exact) mass is 458 g/mol. The molecule has 0 aromatic rings. The Bertz CT molecular complexity index is 676. The fraction of sp³-hybridized carbons (Fsp3) is 1.00. The molecule has 4 aliphatic carbocycles. The van der Waals surface area contributed by atoms with Gasteiger partial charge in [-0.05, 0) is 124 Å². The summed E-state index contributed by atoms with van der Waals surface area (Å²) in [6.45, 7) is 8.10. The van der Waals surface area contributed by atoms with Gasteiger partial charge in [-0.3, -0.25) is 0 Å². The minimum atomic E-state index is -4.55. The minimum absolute atomic E-state index is 0.193. The average molecular weight is 459 g/mol. The maximum absolute atomic E-state index is 13.2. The lowest BCUT2D eigenvalue weighted by Crippen LogP contribution is -2.54. The van der Waals surface area contributed by atoms with Gasteiger partial charge in [-0.25, -0.2) is 0 Å². The molecule has 0 spiro atoms. The molecule has 0 amide bonds. The second kappa shape index (κ2) is 8.43. The Morgan fingerprint density at radius 3 is 2.28 bits per heavy atom. The number of ether oxygens (including phenoxy) is 1. The van der Waals surface area contributed by atoms with Crippen molar-refractivity contribution in [3.63, 3.8) is 0 Å². The lowest BCUT2D eigenvalue weighted by molar-refractivity contribution is -0.256. The molecule has 0 bridgehead atoms. The lowest BCUT2D eigenvalue weighted by atomic mass is 9.44. The van der Waals surface area contributed by atoms with Gasteiger partial charge in [-0.2, -0.15) is 13.2 Å². The van der Waals surface area contributed by atoms with Crippen molar-refractivity contribution in [3.05, 3.63) is 0 Å². The third-order valence-electron chi connectivity index (χ3n) is 11.4. The summed E-state index contributed by atoms with van der Waals surface area (Å²) in [5.41, 5.74) is -1.89. The van der Waals surface area contributed by atoms with Crippen LogP contribution in [0.25, 0.3) is 0 Å². The Balaban J connectivity index is 1.45. The molecule has 0 aromatic carbocycles. The molecule has 186 valence electrons. The van der Waals surface area contributed by atoms with Gasteiger partial charge in [-0.15, -0.1) is 0 Å². The van der Waals surface area contributed by atoms with E-state index in [2.05, 4.69) is 20.8 Å². The van der Waals surface area contributed by atoms with Gasteiger partial charge in [0, 0.05) is 7.11 Å². The molecule has 10 atom stereocenters. The molecule has 7 unspecified atom stereocenters. The number of rotatable bonds is 5. The molecular weight excluding hydrogens is 413 g/mol. The van der Waals surface area contributed by atoms with Crippen LogP contribution in [0.3, 0.4) is 0 Å². The molecule has 32 heavy (non-hydrogen) atoms. The smallest absolute Gasteiger partial charge is 0.381 e. The van der Waals surface area contributed by atoms with Crippen molar-refractivity contribution in [2.24, 2.45) is 46.3 Å². The van der Waals surface area contributed by atoms with Gasteiger partial charge in [0.25, 0.3) is 0 Å². The van der Waals surface area contributed by atoms with Crippen LogP contribution in [0.1, 0.15) is 98.3 Å². The van der Waals surface area contributed by atoms with Crippen molar-refractivity contribution in [1.82, 2.24) is 0 Å². The van der Waals surface area contributed by atoms with Crippen LogP contribution in [-0.2, 0) is 4.74 Å². The van der Waals surface area contributed by atoms with Crippen LogP contribution in [0.15, 0.2) is 0 Å². The largest absolute Gasteiger partial charge is 0.416 e. The standard InChI is InChI=1S/C27H45F3O2/c1-17(10-15-26(4,31)27(28,29)30)21-8-9-22-20-7-6-18-16-19(32-5)11-13-24(18,2)23(20)12-14-25(21,22)3/h17-23,31H,6-16H2,1-5H3/t17-,18?,19?,20?,21-,22?,23?,24?,25?,26-/m1/s1. The highest BCUT2D eigenvalue weighted by Crippen LogP contribution is 2.68. The highest BCUT2D eigenvalue weighted by atomic mass is 19.4. The Kier molecular flexibility index (Phi) is 6.54. The highest BCUT2D eigenvalue weighted by molar-refractivity contribution is 5.09. The van der Waals surface area contributed by atoms with Crippen molar-refractivity contribution < 1.29 is 23.0 Å². The summed E-state index contributed by atoms with van der Waals surface area (Å²) in [5.74, 6) is 3.79. The van der Waals surface area contributed by atoms with Gasteiger partial charge in [-0.1, -0.05) is 20.8 Å². The summed E-state index contributed by atoms with van der Waals surface area (Å²) in [4.78, 5) is 0. The number of aliphatic hydroxyl groups is 1. The number of halogens is 3. The molecule has 5 heteroatoms. The molecule has 2 nitrogen and oxygen atoms in total. The molecule has 4 aliphatic rings. The van der Waals surface area contributed by atoms with Crippen molar-refractivity contribution in [2.75, 3.05) is 7.11 Å². The van der Waals surface area contributed by atoms with Gasteiger partial charge >= 0.3 is 6.18 Å². The molecule has 4 rings (SSSR count). The van der Waals surface area contributed by atoms with E-state index in [0.29, 0.717) is 23.9 Å². The first-order valence-electron chi connectivity index (χ1n) is 13.2. The second-order valence-corrected chi connectivity index (χ2v) is 12.8. The average Bonchev–Trinajstić information content (AvgIpc) is 3.08. The Labute approximate surface area is 193 Å². The predicted octanol–water partition coefficient (Wildman–Crippen LogP) is 7.39. The van der Waals surface area contributed by atoms with E-state index in [-0.39, 0.29) is 17.8 Å². The molecule has 0 saturated heterocycles. The Morgan fingerprint density at radius 1 is 0.969 bits per heavy atom. The number of hydrogen-bond acceptors (Lipinski definition) is 2. The van der Waals surface area contributed by atoms with Crippen LogP contribution in [0.4, 0.5) is 13.2 Å². The molecule has 0 aliphatic heterocycles. The van der Waals surface area contributed by atoms with Crippen molar-refractivity contribution in [1.29, 1.82) is 0 Å². The van der Waals surface area contributed by atoms with E-state index < -0.39 is 11.8 Å². The third-order valence-corrected chi connectivity index (χ3v) is 11.4. The van der Waals surface area contributed by atoms with E-state index in [9.17, 15) is 18.3 Å². The normalized spacial score (nSPS) is 47.2. The van der Waals surface area contributed by atoms with Crippen molar-refractivity contribution >= 4 is 0 Å². The summed E-state index contributed by atoms with van der Waals surface area (Å²) in [6, 6.07) is 0. The van der Waals surface area contributed by atoms with Crippen LogP contribution in [0.2, 0.25) is 0 Å². The van der Waals surface area contributed by atoms with E-state index in [1.165, 1.54) is 51.4 Å². The van der Waals surface area contributed by atoms with Crippen molar-refractivity contribution in [2.45, 2.75) is 116 Å². The zero-order valence-electron chi connectivity index (χ0n) is 20.8. The third kappa shape index (κ3) is 3.95. The van der Waals surface area contributed by atoms with Gasteiger partial charge in [0.2, 0.25) is 0 Å². The van der Waals surface area contributed by atoms with Crippen LogP contribution >= 0.6 is 0 Å². The summed E-state index contributed by atoms with van der Waals surface area (Å²) in [6.07, 6.45) is 7.36. The summed E-state index contributed by atoms with van der Waals surface area (Å²) in [5, 5.41) is 9.93. The molecule has 4 fully saturated rings. The number of methoxy groups -OCH3 is 1. The zero-order chi connectivity index (χ0) is 23.5. The molecular formula is C27H45F3O2. The first kappa shape index (κ1) is 24.8. The molecule has 4 saturated carbocycles. The topological polar surface area (TPSA) is 29.5 Å². The van der Waals surface area contributed by atoms with E-state index in [0.717, 1.165) is 37.0 Å². The lowest BCUT2D eigenvalue weighted by Gasteiger charge is -2.61. The van der Waals surface area contributed by atoms with E-state index in [4.69, 9.17) is 4.74 Å². The zero-order valence-corrected chi connectivity index (χ0v) is 20.8.